The molecule has 0 aromatic heterocycles. The summed E-state index contributed by atoms with van der Waals surface area (Å²) in [6.45, 7) is 2.34. The lowest BCUT2D eigenvalue weighted by atomic mass is 10.1. The second-order valence-corrected chi connectivity index (χ2v) is 6.48. The van der Waals surface area contributed by atoms with Gasteiger partial charge in [-0.1, -0.05) is 35.9 Å². The van der Waals surface area contributed by atoms with Crippen molar-refractivity contribution in [1.82, 2.24) is 10.2 Å². The van der Waals surface area contributed by atoms with Gasteiger partial charge in [0, 0.05) is 25.0 Å². The van der Waals surface area contributed by atoms with Crippen LogP contribution in [0.25, 0.3) is 0 Å². The molecule has 0 saturated carbocycles. The second kappa shape index (κ2) is 9.92. The molecule has 0 spiro atoms. The zero-order chi connectivity index (χ0) is 18.9. The Kier molecular flexibility index (Phi) is 7.60. The van der Waals surface area contributed by atoms with Gasteiger partial charge in [0.15, 0.2) is 0 Å². The maximum absolute atomic E-state index is 12.9. The van der Waals surface area contributed by atoms with Gasteiger partial charge in [0.25, 0.3) is 0 Å². The van der Waals surface area contributed by atoms with E-state index in [0.717, 1.165) is 11.1 Å². The van der Waals surface area contributed by atoms with Crippen molar-refractivity contribution in [2.45, 2.75) is 19.8 Å². The van der Waals surface area contributed by atoms with E-state index >= 15 is 0 Å². The van der Waals surface area contributed by atoms with E-state index in [-0.39, 0.29) is 24.2 Å². The van der Waals surface area contributed by atoms with Crippen molar-refractivity contribution in [2.75, 3.05) is 19.6 Å². The van der Waals surface area contributed by atoms with Crippen molar-refractivity contribution in [2.24, 2.45) is 0 Å². The minimum Gasteiger partial charge on any atom is -0.354 e. The molecule has 0 atom stereocenters. The number of carbonyl (C=O) groups is 2. The Balaban J connectivity index is 1.77. The molecule has 0 unspecified atom stereocenters. The standard InChI is InChI=1S/C20H22ClFN2O2/c1-15(25)24(12-10-17-3-2-4-18(21)13-17)14-20(26)23-11-9-16-5-7-19(22)8-6-16/h2-8,13H,9-12,14H2,1H3,(H,23,26). The highest BCUT2D eigenvalue weighted by Crippen LogP contribution is 2.11. The molecule has 138 valence electrons. The smallest absolute Gasteiger partial charge is 0.239 e. The monoisotopic (exact) mass is 376 g/mol. The molecule has 0 saturated heterocycles. The van der Waals surface area contributed by atoms with Crippen molar-refractivity contribution < 1.29 is 14.0 Å². The minimum atomic E-state index is -0.283. The number of nitrogens with one attached hydrogen (secondary N) is 1. The van der Waals surface area contributed by atoms with Gasteiger partial charge in [-0.2, -0.15) is 0 Å². The second-order valence-electron chi connectivity index (χ2n) is 6.05. The van der Waals surface area contributed by atoms with Crippen LogP contribution in [-0.4, -0.2) is 36.3 Å². The first-order valence-electron chi connectivity index (χ1n) is 8.45. The molecule has 0 aliphatic rings. The van der Waals surface area contributed by atoms with E-state index in [2.05, 4.69) is 5.32 Å². The summed E-state index contributed by atoms with van der Waals surface area (Å²) in [5.41, 5.74) is 1.96. The number of hydrogen-bond acceptors (Lipinski definition) is 2. The fourth-order valence-corrected chi connectivity index (χ4v) is 2.74. The molecule has 2 aromatic rings. The van der Waals surface area contributed by atoms with Gasteiger partial charge in [-0.25, -0.2) is 4.39 Å². The summed E-state index contributed by atoms with van der Waals surface area (Å²) in [5.74, 6) is -0.649. The van der Waals surface area contributed by atoms with Crippen molar-refractivity contribution in [3.63, 3.8) is 0 Å². The third-order valence-electron chi connectivity index (χ3n) is 3.99. The Bertz CT molecular complexity index is 750. The van der Waals surface area contributed by atoms with Crippen LogP contribution >= 0.6 is 11.6 Å². The molecular formula is C20H22ClFN2O2. The molecule has 0 bridgehead atoms. The Morgan fingerprint density at radius 2 is 1.81 bits per heavy atom. The number of halogens is 2. The highest BCUT2D eigenvalue weighted by atomic mass is 35.5. The molecule has 2 rings (SSSR count). The number of hydrogen-bond donors (Lipinski definition) is 1. The first-order chi connectivity index (χ1) is 12.4. The predicted molar refractivity (Wildman–Crippen MR) is 101 cm³/mol. The van der Waals surface area contributed by atoms with E-state index in [1.165, 1.54) is 24.0 Å². The zero-order valence-electron chi connectivity index (χ0n) is 14.7. The molecule has 6 heteroatoms. The van der Waals surface area contributed by atoms with Gasteiger partial charge >= 0.3 is 0 Å². The molecule has 26 heavy (non-hydrogen) atoms. The van der Waals surface area contributed by atoms with Crippen molar-refractivity contribution >= 4 is 23.4 Å². The highest BCUT2D eigenvalue weighted by Gasteiger charge is 2.13. The molecule has 2 aromatic carbocycles. The van der Waals surface area contributed by atoms with Crippen molar-refractivity contribution in [3.8, 4) is 0 Å². The van der Waals surface area contributed by atoms with Crippen LogP contribution in [0.1, 0.15) is 18.1 Å². The average molecular weight is 377 g/mol. The van der Waals surface area contributed by atoms with Crippen molar-refractivity contribution in [3.05, 3.63) is 70.5 Å². The number of nitrogens with zero attached hydrogens (tertiary/aromatic N) is 1. The summed E-state index contributed by atoms with van der Waals surface area (Å²) in [4.78, 5) is 25.4. The van der Waals surface area contributed by atoms with Gasteiger partial charge in [-0.05, 0) is 48.2 Å². The van der Waals surface area contributed by atoms with E-state index in [1.807, 2.05) is 18.2 Å². The van der Waals surface area contributed by atoms with Crippen LogP contribution in [0.3, 0.4) is 0 Å². The predicted octanol–water partition coefficient (Wildman–Crippen LogP) is 3.23. The molecule has 0 aliphatic heterocycles. The SMILES string of the molecule is CC(=O)N(CCc1cccc(Cl)c1)CC(=O)NCCc1ccc(F)cc1. The van der Waals surface area contributed by atoms with Crippen LogP contribution in [0, 0.1) is 5.82 Å². The summed E-state index contributed by atoms with van der Waals surface area (Å²) >= 11 is 5.96. The van der Waals surface area contributed by atoms with E-state index in [1.54, 1.807) is 18.2 Å². The molecule has 0 radical (unpaired) electrons. The molecule has 2 amide bonds. The summed E-state index contributed by atoms with van der Waals surface area (Å²) in [6.07, 6.45) is 1.23. The number of amides is 2. The Labute approximate surface area is 158 Å². The van der Waals surface area contributed by atoms with E-state index < -0.39 is 0 Å². The molecule has 0 aliphatic carbocycles. The largest absolute Gasteiger partial charge is 0.354 e. The highest BCUT2D eigenvalue weighted by molar-refractivity contribution is 6.30. The summed E-state index contributed by atoms with van der Waals surface area (Å²) in [6, 6.07) is 13.6. The normalized spacial score (nSPS) is 10.4. The molecule has 1 N–H and O–H groups in total. The van der Waals surface area contributed by atoms with Gasteiger partial charge in [-0.3, -0.25) is 9.59 Å². The quantitative estimate of drug-likeness (QED) is 0.769. The molecular weight excluding hydrogens is 355 g/mol. The lowest BCUT2D eigenvalue weighted by molar-refractivity contribution is -0.134. The topological polar surface area (TPSA) is 49.4 Å². The minimum absolute atomic E-state index is 0.0132. The van der Waals surface area contributed by atoms with Gasteiger partial charge in [-0.15, -0.1) is 0 Å². The van der Waals surface area contributed by atoms with Gasteiger partial charge in [0.2, 0.25) is 11.8 Å². The fourth-order valence-electron chi connectivity index (χ4n) is 2.53. The Morgan fingerprint density at radius 1 is 1.08 bits per heavy atom. The lowest BCUT2D eigenvalue weighted by Gasteiger charge is -2.20. The lowest BCUT2D eigenvalue weighted by Crippen LogP contribution is -2.41. The zero-order valence-corrected chi connectivity index (χ0v) is 15.4. The maximum Gasteiger partial charge on any atom is 0.239 e. The third-order valence-corrected chi connectivity index (χ3v) is 4.22. The summed E-state index contributed by atoms with van der Waals surface area (Å²) in [5, 5.41) is 3.44. The van der Waals surface area contributed by atoms with Gasteiger partial charge < -0.3 is 10.2 Å². The van der Waals surface area contributed by atoms with Crippen LogP contribution in [0.5, 0.6) is 0 Å². The van der Waals surface area contributed by atoms with E-state index in [0.29, 0.717) is 31.0 Å². The number of carbonyl (C=O) groups excluding carboxylic acids is 2. The third kappa shape index (κ3) is 6.84. The van der Waals surface area contributed by atoms with Crippen LogP contribution in [-0.2, 0) is 22.4 Å². The van der Waals surface area contributed by atoms with Crippen LogP contribution < -0.4 is 5.32 Å². The van der Waals surface area contributed by atoms with Gasteiger partial charge in [0.1, 0.15) is 5.82 Å². The first kappa shape index (κ1) is 19.9. The van der Waals surface area contributed by atoms with E-state index in [9.17, 15) is 14.0 Å². The summed E-state index contributed by atoms with van der Waals surface area (Å²) in [7, 11) is 0. The van der Waals surface area contributed by atoms with Crippen LogP contribution in [0.2, 0.25) is 5.02 Å². The van der Waals surface area contributed by atoms with E-state index in [4.69, 9.17) is 11.6 Å². The summed E-state index contributed by atoms with van der Waals surface area (Å²) < 4.78 is 12.9. The van der Waals surface area contributed by atoms with Gasteiger partial charge in [0.05, 0.1) is 6.54 Å². The Hall–Kier alpha value is -2.40. The van der Waals surface area contributed by atoms with Crippen LogP contribution in [0.4, 0.5) is 4.39 Å². The number of benzene rings is 2. The Morgan fingerprint density at radius 3 is 2.46 bits per heavy atom. The first-order valence-corrected chi connectivity index (χ1v) is 8.83. The fraction of sp³-hybridized carbons (Fsp3) is 0.300. The number of rotatable bonds is 8. The molecule has 0 fully saturated rings. The molecule has 4 nitrogen and oxygen atoms in total. The molecule has 0 heterocycles. The van der Waals surface area contributed by atoms with Crippen LogP contribution in [0.15, 0.2) is 48.5 Å². The van der Waals surface area contributed by atoms with Crippen molar-refractivity contribution in [1.29, 1.82) is 0 Å². The maximum atomic E-state index is 12.9. The average Bonchev–Trinajstić information content (AvgIpc) is 2.60.